The van der Waals surface area contributed by atoms with E-state index >= 15 is 0 Å². The van der Waals surface area contributed by atoms with Gasteiger partial charge in [-0.1, -0.05) is 60.7 Å². The number of nitrogens with one attached hydrogen (secondary N) is 1. The van der Waals surface area contributed by atoms with Crippen molar-refractivity contribution in [1.29, 1.82) is 0 Å². The third kappa shape index (κ3) is 9.95. The number of carboxylic acid groups (broad SMARTS) is 1. The third-order valence-corrected chi connectivity index (χ3v) is 17.8. The molecule has 0 unspecified atom stereocenters. The number of likely N-dealkylation sites (tertiary alicyclic amines) is 4. The van der Waals surface area contributed by atoms with E-state index in [0.29, 0.717) is 82.7 Å². The van der Waals surface area contributed by atoms with Crippen molar-refractivity contribution in [1.82, 2.24) is 24.9 Å². The minimum atomic E-state index is -0.796. The number of carbonyl (C=O) groups is 4. The number of amides is 3. The van der Waals surface area contributed by atoms with Crippen LogP contribution in [0, 0.1) is 35.1 Å². The van der Waals surface area contributed by atoms with E-state index < -0.39 is 41.1 Å². The Hall–Kier alpha value is -5.60. The number of aliphatic carboxylic acids is 1. The summed E-state index contributed by atoms with van der Waals surface area (Å²) in [6.45, 7) is 17.0. The van der Waals surface area contributed by atoms with Gasteiger partial charge in [-0.05, 0) is 126 Å². The second-order valence-electron chi connectivity index (χ2n) is 23.8. The number of carbonyl (C=O) groups excluding carboxylic acids is 3. The van der Waals surface area contributed by atoms with E-state index in [1.54, 1.807) is 7.05 Å². The first-order valence-corrected chi connectivity index (χ1v) is 26.1. The largest absolute Gasteiger partial charge is 0.481 e. The van der Waals surface area contributed by atoms with Crippen molar-refractivity contribution in [2.45, 2.75) is 126 Å². The number of hydrogen-bond acceptors (Lipinski definition) is 6. The maximum Gasteiger partial charge on any atom is 0.311 e. The number of carboxylic acids is 1. The van der Waals surface area contributed by atoms with E-state index in [-0.39, 0.29) is 63.3 Å². The summed E-state index contributed by atoms with van der Waals surface area (Å²) in [5, 5.41) is 12.6. The Morgan fingerprint density at radius 2 is 0.932 bits per heavy atom. The first-order valence-electron chi connectivity index (χ1n) is 26.1. The summed E-state index contributed by atoms with van der Waals surface area (Å²) < 4.78 is 56.9. The molecule has 2 N–H and O–H groups in total. The predicted molar refractivity (Wildman–Crippen MR) is 272 cm³/mol. The van der Waals surface area contributed by atoms with Gasteiger partial charge in [0, 0.05) is 105 Å². The van der Waals surface area contributed by atoms with Crippen molar-refractivity contribution in [3.63, 3.8) is 0 Å². The smallest absolute Gasteiger partial charge is 0.311 e. The minimum absolute atomic E-state index is 0.00592. The predicted octanol–water partition coefficient (Wildman–Crippen LogP) is 9.48. The van der Waals surface area contributed by atoms with Crippen LogP contribution in [-0.4, -0.2) is 119 Å². The molecule has 6 aliphatic rings. The van der Waals surface area contributed by atoms with E-state index in [0.717, 1.165) is 48.1 Å². The van der Waals surface area contributed by atoms with Crippen molar-refractivity contribution in [3.8, 4) is 0 Å². The number of rotatable bonds is 6. The van der Waals surface area contributed by atoms with Crippen LogP contribution in [0.4, 0.5) is 17.6 Å². The highest BCUT2D eigenvalue weighted by atomic mass is 19.1. The highest BCUT2D eigenvalue weighted by Crippen LogP contribution is 2.54. The number of piperidine rings is 2. The summed E-state index contributed by atoms with van der Waals surface area (Å²) in [4.78, 5) is 60.7. The van der Waals surface area contributed by atoms with Crippen molar-refractivity contribution >= 4 is 23.7 Å². The van der Waals surface area contributed by atoms with Crippen LogP contribution in [0.15, 0.2) is 84.9 Å². The molecule has 0 bridgehead atoms. The number of nitrogens with zero attached hydrogens (tertiary/aromatic N) is 4. The second-order valence-corrected chi connectivity index (χ2v) is 23.8. The lowest BCUT2D eigenvalue weighted by Gasteiger charge is -2.41. The van der Waals surface area contributed by atoms with Crippen LogP contribution in [-0.2, 0) is 30.0 Å². The Balaban J connectivity index is 0.000000180. The Morgan fingerprint density at radius 1 is 0.548 bits per heavy atom. The molecule has 0 saturated carbocycles. The van der Waals surface area contributed by atoms with Gasteiger partial charge in [0.15, 0.2) is 0 Å². The summed E-state index contributed by atoms with van der Waals surface area (Å²) >= 11 is 0. The van der Waals surface area contributed by atoms with E-state index in [1.165, 1.54) is 29.8 Å². The van der Waals surface area contributed by atoms with Gasteiger partial charge < -0.3 is 20.2 Å². The van der Waals surface area contributed by atoms with E-state index in [2.05, 4.69) is 68.8 Å². The number of benzene rings is 4. The highest BCUT2D eigenvalue weighted by Gasteiger charge is 2.52. The summed E-state index contributed by atoms with van der Waals surface area (Å²) in [5.74, 6) is -5.27. The normalized spacial score (nSPS) is 25.6. The molecule has 3 amide bonds. The molecule has 0 aromatic heterocycles. The van der Waals surface area contributed by atoms with Gasteiger partial charge in [-0.2, -0.15) is 0 Å². The molecule has 4 aromatic rings. The second kappa shape index (κ2) is 19.9. The lowest BCUT2D eigenvalue weighted by molar-refractivity contribution is -0.140. The number of fused-ring (bicyclic) bond motifs is 4. The van der Waals surface area contributed by atoms with Crippen molar-refractivity contribution in [2.24, 2.45) is 11.8 Å². The van der Waals surface area contributed by atoms with Gasteiger partial charge in [0.05, 0.1) is 23.7 Å². The molecule has 4 aromatic carbocycles. The Bertz CT molecular complexity index is 2760. The number of likely N-dealkylation sites (N-methyl/N-ethyl adjacent to an activating group) is 1. The zero-order valence-corrected chi connectivity index (χ0v) is 43.3. The van der Waals surface area contributed by atoms with E-state index in [1.807, 2.05) is 46.2 Å². The van der Waals surface area contributed by atoms with E-state index in [4.69, 9.17) is 0 Å². The van der Waals surface area contributed by atoms with Gasteiger partial charge in [0.1, 0.15) is 23.3 Å². The monoisotopic (exact) mass is 1010 g/mol. The number of halogens is 4. The molecule has 73 heavy (non-hydrogen) atoms. The van der Waals surface area contributed by atoms with Crippen LogP contribution in [0.25, 0.3) is 0 Å². The average molecular weight is 1010 g/mol. The van der Waals surface area contributed by atoms with Crippen LogP contribution in [0.5, 0.6) is 0 Å². The molecule has 4 heterocycles. The molecule has 0 radical (unpaired) electrons. The Kier molecular flexibility index (Phi) is 14.3. The van der Waals surface area contributed by atoms with Gasteiger partial charge in [-0.15, -0.1) is 0 Å². The van der Waals surface area contributed by atoms with Crippen molar-refractivity contribution < 1.29 is 41.8 Å². The summed E-state index contributed by atoms with van der Waals surface area (Å²) in [6, 6.07) is 23.4. The quantitative estimate of drug-likeness (QED) is 0.185. The van der Waals surface area contributed by atoms with Gasteiger partial charge in [-0.3, -0.25) is 29.0 Å². The fraction of sp³-hybridized carbons (Fsp3) is 0.525. The Morgan fingerprint density at radius 3 is 1.30 bits per heavy atom. The fourth-order valence-electron chi connectivity index (χ4n) is 13.6. The van der Waals surface area contributed by atoms with Crippen LogP contribution >= 0.6 is 0 Å². The lowest BCUT2D eigenvalue weighted by Crippen LogP contribution is -2.48. The maximum atomic E-state index is 14.9. The van der Waals surface area contributed by atoms with Crippen LogP contribution in [0.1, 0.15) is 137 Å². The SMILES string of the molecule is CC(C)(C)N1C[C@@H](C(=O)N2CCC3(CC2)C[C@@H](C(=O)O)c2ccccc23)[C@H](c2ccc(F)cc2F)C1.CNC(=O)[C@@H]1CC2(CCN(C(=O)[C@@H]3CN(C(C)(C)C)C[C@H]3c3ccc(F)cc3F)CC2)c2ccccc21. The molecule has 2 spiro atoms. The zero-order valence-electron chi connectivity index (χ0n) is 43.3. The minimum Gasteiger partial charge on any atom is -0.481 e. The van der Waals surface area contributed by atoms with Gasteiger partial charge in [-0.25, -0.2) is 17.6 Å². The molecule has 4 fully saturated rings. The molecule has 10 rings (SSSR count). The first-order chi connectivity index (χ1) is 34.5. The Labute approximate surface area is 427 Å². The number of hydrogen-bond donors (Lipinski definition) is 2. The van der Waals surface area contributed by atoms with Crippen molar-refractivity contribution in [3.05, 3.63) is 142 Å². The summed E-state index contributed by atoms with van der Waals surface area (Å²) in [6.07, 6.45) is 4.35. The molecule has 4 saturated heterocycles. The molecule has 14 heteroatoms. The molecule has 6 atom stereocenters. The molecular formula is C59H71F4N5O5. The molecule has 390 valence electrons. The van der Waals surface area contributed by atoms with Gasteiger partial charge in [0.2, 0.25) is 17.7 Å². The fourth-order valence-corrected chi connectivity index (χ4v) is 13.6. The highest BCUT2D eigenvalue weighted by molar-refractivity contribution is 5.86. The summed E-state index contributed by atoms with van der Waals surface area (Å²) in [7, 11) is 1.68. The standard InChI is InChI=1S/C30H37F2N3O2.C29H34F2N2O3/c1-29(2,3)35-17-23(21-10-9-19(31)15-26(21)32)24(18-35)28(37)34-13-11-30(12-14-34)16-22(27(36)33-4)20-7-5-6-8-25(20)30;1-28(2,3)33-16-22(20-9-8-18(30)14-25(20)31)23(17-33)26(34)32-12-10-29(11-13-32)15-21(27(35)36)19-6-4-5-7-24(19)29/h5-10,15,22-24H,11-14,16-18H2,1-4H3,(H,33,36);4-9,14,21-23H,10-13,15-17H2,1-3H3,(H,35,36)/t22-,23+,24-;21-,22+,23-/m11/s1. The summed E-state index contributed by atoms with van der Waals surface area (Å²) in [5.41, 5.74) is 4.46. The zero-order chi connectivity index (χ0) is 52.4. The average Bonchev–Trinajstić information content (AvgIpc) is 4.15. The lowest BCUT2D eigenvalue weighted by atomic mass is 9.73. The van der Waals surface area contributed by atoms with Gasteiger partial charge in [0.25, 0.3) is 0 Å². The van der Waals surface area contributed by atoms with Gasteiger partial charge >= 0.3 is 5.97 Å². The third-order valence-electron chi connectivity index (χ3n) is 17.8. The van der Waals surface area contributed by atoms with Crippen LogP contribution < -0.4 is 5.32 Å². The van der Waals surface area contributed by atoms with Crippen LogP contribution in [0.2, 0.25) is 0 Å². The molecule has 10 nitrogen and oxygen atoms in total. The molecule has 2 aliphatic carbocycles. The molecular weight excluding hydrogens is 935 g/mol. The van der Waals surface area contributed by atoms with Crippen LogP contribution in [0.3, 0.4) is 0 Å². The first kappa shape index (κ1) is 52.3. The van der Waals surface area contributed by atoms with Crippen molar-refractivity contribution in [2.75, 3.05) is 59.4 Å². The molecule has 4 aliphatic heterocycles. The maximum absolute atomic E-state index is 14.9. The van der Waals surface area contributed by atoms with E-state index in [9.17, 15) is 41.8 Å². The topological polar surface area (TPSA) is 114 Å².